The maximum atomic E-state index is 13.9. The number of aromatic nitrogens is 2. The summed E-state index contributed by atoms with van der Waals surface area (Å²) in [5.41, 5.74) is 1.82. The highest BCUT2D eigenvalue weighted by Gasteiger charge is 2.16. The molecule has 20 heavy (non-hydrogen) atoms. The summed E-state index contributed by atoms with van der Waals surface area (Å²) in [7, 11) is 1.79. The van der Waals surface area contributed by atoms with Gasteiger partial charge in [-0.15, -0.1) is 0 Å². The van der Waals surface area contributed by atoms with Crippen LogP contribution in [0, 0.1) is 12.7 Å². The van der Waals surface area contributed by atoms with Gasteiger partial charge in [0.1, 0.15) is 0 Å². The molecule has 1 aromatic heterocycles. The molecule has 1 aromatic carbocycles. The van der Waals surface area contributed by atoms with E-state index in [0.717, 1.165) is 17.8 Å². The van der Waals surface area contributed by atoms with Crippen LogP contribution >= 0.6 is 15.9 Å². The Bertz CT molecular complexity index is 613. The van der Waals surface area contributed by atoms with Crippen LogP contribution in [-0.4, -0.2) is 16.3 Å². The molecule has 1 N–H and O–H groups in total. The fraction of sp³-hybridized carbons (Fsp3) is 0.357. The van der Waals surface area contributed by atoms with Gasteiger partial charge in [-0.05, 0) is 31.7 Å². The fourth-order valence-electron chi connectivity index (χ4n) is 1.92. The molecule has 0 radical (unpaired) electrons. The summed E-state index contributed by atoms with van der Waals surface area (Å²) in [5.74, 6) is 0.339. The average Bonchev–Trinajstić information content (AvgIpc) is 2.65. The lowest BCUT2D eigenvalue weighted by atomic mass is 10.2. The SMILES string of the molecule is CCNCc1c(C)nn(C)c1Oc1ccc(Br)cc1F. The second-order valence-corrected chi connectivity index (χ2v) is 5.37. The molecular formula is C14H17BrFN3O. The van der Waals surface area contributed by atoms with Crippen molar-refractivity contribution >= 4 is 15.9 Å². The summed E-state index contributed by atoms with van der Waals surface area (Å²) >= 11 is 3.23. The lowest BCUT2D eigenvalue weighted by Crippen LogP contribution is -2.13. The largest absolute Gasteiger partial charge is 0.436 e. The molecule has 2 rings (SSSR count). The summed E-state index contributed by atoms with van der Waals surface area (Å²) in [5, 5.41) is 7.56. The van der Waals surface area contributed by atoms with Crippen LogP contribution in [0.4, 0.5) is 4.39 Å². The van der Waals surface area contributed by atoms with Crippen LogP contribution in [0.1, 0.15) is 18.2 Å². The first kappa shape index (κ1) is 15.0. The quantitative estimate of drug-likeness (QED) is 0.904. The van der Waals surface area contributed by atoms with Crippen LogP contribution in [0.25, 0.3) is 0 Å². The van der Waals surface area contributed by atoms with E-state index in [4.69, 9.17) is 4.74 Å². The summed E-state index contributed by atoms with van der Waals surface area (Å²) in [4.78, 5) is 0. The molecular weight excluding hydrogens is 325 g/mol. The second kappa shape index (κ2) is 6.37. The molecule has 0 aliphatic rings. The van der Waals surface area contributed by atoms with Gasteiger partial charge in [0.05, 0.1) is 11.3 Å². The van der Waals surface area contributed by atoms with Crippen molar-refractivity contribution in [3.8, 4) is 11.6 Å². The minimum atomic E-state index is -0.410. The van der Waals surface area contributed by atoms with Crippen molar-refractivity contribution < 1.29 is 9.13 Å². The normalized spacial score (nSPS) is 10.8. The summed E-state index contributed by atoms with van der Waals surface area (Å²) < 4.78 is 21.9. The van der Waals surface area contributed by atoms with Gasteiger partial charge in [-0.1, -0.05) is 22.9 Å². The van der Waals surface area contributed by atoms with E-state index >= 15 is 0 Å². The second-order valence-electron chi connectivity index (χ2n) is 4.45. The number of aryl methyl sites for hydroxylation is 2. The monoisotopic (exact) mass is 341 g/mol. The van der Waals surface area contributed by atoms with Gasteiger partial charge in [-0.25, -0.2) is 9.07 Å². The summed E-state index contributed by atoms with van der Waals surface area (Å²) in [6.07, 6.45) is 0. The van der Waals surface area contributed by atoms with Crippen molar-refractivity contribution in [2.24, 2.45) is 7.05 Å². The third-order valence-corrected chi connectivity index (χ3v) is 3.43. The van der Waals surface area contributed by atoms with E-state index < -0.39 is 5.82 Å². The van der Waals surface area contributed by atoms with Gasteiger partial charge in [0.2, 0.25) is 5.88 Å². The van der Waals surface area contributed by atoms with Gasteiger partial charge in [0.25, 0.3) is 0 Å². The number of ether oxygens (including phenoxy) is 1. The molecule has 0 atom stereocenters. The molecule has 0 aliphatic heterocycles. The molecule has 0 amide bonds. The van der Waals surface area contributed by atoms with Gasteiger partial charge >= 0.3 is 0 Å². The Labute approximate surface area is 126 Å². The van der Waals surface area contributed by atoms with E-state index in [1.54, 1.807) is 23.9 Å². The smallest absolute Gasteiger partial charge is 0.222 e. The predicted molar refractivity (Wildman–Crippen MR) is 79.5 cm³/mol. The van der Waals surface area contributed by atoms with Gasteiger partial charge in [-0.2, -0.15) is 5.10 Å². The molecule has 0 aliphatic carbocycles. The Morgan fingerprint density at radius 2 is 2.20 bits per heavy atom. The van der Waals surface area contributed by atoms with E-state index in [1.807, 2.05) is 13.8 Å². The van der Waals surface area contributed by atoms with Crippen molar-refractivity contribution in [2.75, 3.05) is 6.54 Å². The number of nitrogens with one attached hydrogen (secondary N) is 1. The molecule has 0 bridgehead atoms. The van der Waals surface area contributed by atoms with Crippen molar-refractivity contribution in [1.29, 1.82) is 0 Å². The van der Waals surface area contributed by atoms with E-state index in [1.165, 1.54) is 6.07 Å². The molecule has 0 saturated carbocycles. The molecule has 2 aromatic rings. The zero-order valence-corrected chi connectivity index (χ0v) is 13.3. The van der Waals surface area contributed by atoms with Crippen LogP contribution in [0.3, 0.4) is 0 Å². The van der Waals surface area contributed by atoms with E-state index in [9.17, 15) is 4.39 Å². The molecule has 0 fully saturated rings. The Morgan fingerprint density at radius 3 is 2.85 bits per heavy atom. The highest BCUT2D eigenvalue weighted by atomic mass is 79.9. The zero-order chi connectivity index (χ0) is 14.7. The molecule has 0 spiro atoms. The van der Waals surface area contributed by atoms with Crippen LogP contribution in [-0.2, 0) is 13.6 Å². The highest BCUT2D eigenvalue weighted by Crippen LogP contribution is 2.30. The average molecular weight is 342 g/mol. The molecule has 6 heteroatoms. The van der Waals surface area contributed by atoms with Crippen molar-refractivity contribution in [3.63, 3.8) is 0 Å². The van der Waals surface area contributed by atoms with Crippen molar-refractivity contribution in [3.05, 3.63) is 39.7 Å². The van der Waals surface area contributed by atoms with Gasteiger partial charge in [0.15, 0.2) is 11.6 Å². The Balaban J connectivity index is 2.32. The Morgan fingerprint density at radius 1 is 1.45 bits per heavy atom. The number of halogens is 2. The fourth-order valence-corrected chi connectivity index (χ4v) is 2.26. The molecule has 0 saturated heterocycles. The van der Waals surface area contributed by atoms with Gasteiger partial charge in [0, 0.05) is 18.1 Å². The first-order chi connectivity index (χ1) is 9.52. The Hall–Kier alpha value is -1.40. The lowest BCUT2D eigenvalue weighted by molar-refractivity contribution is 0.398. The van der Waals surface area contributed by atoms with Crippen LogP contribution in [0.15, 0.2) is 22.7 Å². The lowest BCUT2D eigenvalue weighted by Gasteiger charge is -2.10. The van der Waals surface area contributed by atoms with Crippen LogP contribution in [0.2, 0.25) is 0 Å². The number of benzene rings is 1. The minimum absolute atomic E-state index is 0.189. The molecule has 1 heterocycles. The topological polar surface area (TPSA) is 39.1 Å². The Kier molecular flexibility index (Phi) is 4.77. The van der Waals surface area contributed by atoms with Crippen LogP contribution < -0.4 is 10.1 Å². The maximum absolute atomic E-state index is 13.9. The van der Waals surface area contributed by atoms with Gasteiger partial charge < -0.3 is 10.1 Å². The molecule has 108 valence electrons. The first-order valence-electron chi connectivity index (χ1n) is 6.39. The molecule has 0 unspecified atom stereocenters. The number of hydrogen-bond acceptors (Lipinski definition) is 3. The predicted octanol–water partition coefficient (Wildman–Crippen LogP) is 3.53. The first-order valence-corrected chi connectivity index (χ1v) is 7.18. The highest BCUT2D eigenvalue weighted by molar-refractivity contribution is 9.10. The minimum Gasteiger partial charge on any atom is -0.436 e. The number of nitrogens with zero attached hydrogens (tertiary/aromatic N) is 2. The standard InChI is InChI=1S/C14H17BrFN3O/c1-4-17-8-11-9(2)18-19(3)14(11)20-13-6-5-10(15)7-12(13)16/h5-7,17H,4,8H2,1-3H3. The van der Waals surface area contributed by atoms with Gasteiger partial charge in [-0.3, -0.25) is 0 Å². The van der Waals surface area contributed by atoms with E-state index in [2.05, 4.69) is 26.3 Å². The van der Waals surface area contributed by atoms with Crippen molar-refractivity contribution in [1.82, 2.24) is 15.1 Å². The third-order valence-electron chi connectivity index (χ3n) is 2.94. The third kappa shape index (κ3) is 3.19. The summed E-state index contributed by atoms with van der Waals surface area (Å²) in [6.45, 7) is 5.43. The maximum Gasteiger partial charge on any atom is 0.222 e. The molecule has 4 nitrogen and oxygen atoms in total. The number of rotatable bonds is 5. The van der Waals surface area contributed by atoms with Crippen molar-refractivity contribution in [2.45, 2.75) is 20.4 Å². The number of hydrogen-bond donors (Lipinski definition) is 1. The van der Waals surface area contributed by atoms with Crippen LogP contribution in [0.5, 0.6) is 11.6 Å². The zero-order valence-electron chi connectivity index (χ0n) is 11.7. The van der Waals surface area contributed by atoms with E-state index in [0.29, 0.717) is 16.9 Å². The van der Waals surface area contributed by atoms with E-state index in [-0.39, 0.29) is 5.75 Å². The summed E-state index contributed by atoms with van der Waals surface area (Å²) in [6, 6.07) is 4.72.